The first-order valence-electron chi connectivity index (χ1n) is 4.87. The van der Waals surface area contributed by atoms with Gasteiger partial charge in [-0.2, -0.15) is 0 Å². The Kier molecular flexibility index (Phi) is 3.49. The fourth-order valence-electron chi connectivity index (χ4n) is 1.80. The van der Waals surface area contributed by atoms with Gasteiger partial charge in [0.05, 0.1) is 0 Å². The van der Waals surface area contributed by atoms with E-state index in [1.165, 1.54) is 6.42 Å². The van der Waals surface area contributed by atoms with Crippen molar-refractivity contribution in [3.63, 3.8) is 0 Å². The zero-order chi connectivity index (χ0) is 10.8. The molecule has 1 fully saturated rings. The summed E-state index contributed by atoms with van der Waals surface area (Å²) in [6.45, 7) is 1.95. The summed E-state index contributed by atoms with van der Waals surface area (Å²) in [7, 11) is 0. The van der Waals surface area contributed by atoms with Crippen molar-refractivity contribution in [1.82, 2.24) is 0 Å². The summed E-state index contributed by atoms with van der Waals surface area (Å²) < 4.78 is 1.92. The van der Waals surface area contributed by atoms with Crippen molar-refractivity contribution in [3.05, 3.63) is 19.5 Å². The number of rotatable bonds is 2. The number of nitro groups is 1. The third-order valence-electron chi connectivity index (χ3n) is 2.50. The number of halogens is 1. The Morgan fingerprint density at radius 2 is 2.07 bits per heavy atom. The van der Waals surface area contributed by atoms with Crippen LogP contribution in [0.5, 0.6) is 0 Å². The second-order valence-corrected chi connectivity index (χ2v) is 7.74. The summed E-state index contributed by atoms with van der Waals surface area (Å²) >= 11 is 3.47. The molecule has 6 heteroatoms. The fourth-order valence-corrected chi connectivity index (χ4v) is 4.71. The molecular formula is C9H11BrN2O2Se. The van der Waals surface area contributed by atoms with Crippen molar-refractivity contribution in [2.24, 2.45) is 0 Å². The predicted octanol–water partition coefficient (Wildman–Crippen LogP) is 2.40. The summed E-state index contributed by atoms with van der Waals surface area (Å²) in [6.07, 6.45) is 3.56. The number of hydrogen-bond donors (Lipinski definition) is 0. The van der Waals surface area contributed by atoms with E-state index in [1.807, 2.05) is 0 Å². The van der Waals surface area contributed by atoms with E-state index in [4.69, 9.17) is 0 Å². The molecule has 0 aliphatic carbocycles. The van der Waals surface area contributed by atoms with Gasteiger partial charge in [0.15, 0.2) is 0 Å². The molecule has 1 aliphatic rings. The Labute approximate surface area is 102 Å². The molecule has 15 heavy (non-hydrogen) atoms. The van der Waals surface area contributed by atoms with Gasteiger partial charge in [0.2, 0.25) is 0 Å². The molecule has 4 nitrogen and oxygen atoms in total. The minimum atomic E-state index is -0.264. The summed E-state index contributed by atoms with van der Waals surface area (Å²) in [5.74, 6) is 0. The van der Waals surface area contributed by atoms with Crippen molar-refractivity contribution in [1.29, 1.82) is 0 Å². The van der Waals surface area contributed by atoms with Crippen LogP contribution in [0, 0.1) is 10.1 Å². The van der Waals surface area contributed by atoms with E-state index in [2.05, 4.69) is 20.8 Å². The Morgan fingerprint density at radius 1 is 1.40 bits per heavy atom. The quantitative estimate of drug-likeness (QED) is 0.473. The van der Waals surface area contributed by atoms with Gasteiger partial charge in [0.25, 0.3) is 0 Å². The van der Waals surface area contributed by atoms with Crippen LogP contribution >= 0.6 is 15.9 Å². The van der Waals surface area contributed by atoms with Gasteiger partial charge in [-0.25, -0.2) is 0 Å². The average Bonchev–Trinajstić information content (AvgIpc) is 2.62. The van der Waals surface area contributed by atoms with Crippen molar-refractivity contribution in [3.8, 4) is 0 Å². The second-order valence-electron chi connectivity index (χ2n) is 3.55. The maximum atomic E-state index is 10.9. The number of nitrogens with zero attached hydrogens (tertiary/aromatic N) is 2. The van der Waals surface area contributed by atoms with Crippen LogP contribution < -0.4 is 4.90 Å². The van der Waals surface area contributed by atoms with Crippen LogP contribution in [0.3, 0.4) is 0 Å². The van der Waals surface area contributed by atoms with E-state index in [-0.39, 0.29) is 19.4 Å². The van der Waals surface area contributed by atoms with Crippen molar-refractivity contribution in [2.45, 2.75) is 19.3 Å². The van der Waals surface area contributed by atoms with Gasteiger partial charge in [-0.3, -0.25) is 0 Å². The molecule has 2 rings (SSSR count). The van der Waals surface area contributed by atoms with Gasteiger partial charge >= 0.3 is 102 Å². The Bertz CT molecular complexity index is 374. The Morgan fingerprint density at radius 3 is 2.67 bits per heavy atom. The molecule has 0 unspecified atom stereocenters. The first-order valence-corrected chi connectivity index (χ1v) is 7.38. The second kappa shape index (κ2) is 4.68. The fraction of sp³-hybridized carbons (Fsp3) is 0.556. The molecule has 0 radical (unpaired) electrons. The molecule has 0 aromatic carbocycles. The van der Waals surface area contributed by atoms with Crippen molar-refractivity contribution in [2.75, 3.05) is 18.0 Å². The van der Waals surface area contributed by atoms with Gasteiger partial charge in [-0.05, 0) is 0 Å². The van der Waals surface area contributed by atoms with Gasteiger partial charge in [-0.1, -0.05) is 0 Å². The van der Waals surface area contributed by atoms with E-state index >= 15 is 0 Å². The van der Waals surface area contributed by atoms with Gasteiger partial charge in [-0.15, -0.1) is 0 Å². The first kappa shape index (κ1) is 11.2. The summed E-state index contributed by atoms with van der Waals surface area (Å²) in [5, 5.41) is 10.9. The Balaban J connectivity index is 2.28. The monoisotopic (exact) mass is 338 g/mol. The van der Waals surface area contributed by atoms with Crippen LogP contribution in [0.15, 0.2) is 9.41 Å². The summed E-state index contributed by atoms with van der Waals surface area (Å²) in [5.41, 5.74) is 0.295. The standard InChI is InChI=1S/C9H11BrN2O2Se/c10-8-6-7(12(13)14)9(15-8)11-4-2-1-3-5-11/h6H,1-5H2. The van der Waals surface area contributed by atoms with Crippen LogP contribution in [0.2, 0.25) is 0 Å². The van der Waals surface area contributed by atoms with Gasteiger partial charge < -0.3 is 0 Å². The molecule has 0 amide bonds. The molecule has 0 bridgehead atoms. The van der Waals surface area contributed by atoms with Gasteiger partial charge in [0, 0.05) is 0 Å². The topological polar surface area (TPSA) is 46.4 Å². The summed E-state index contributed by atoms with van der Waals surface area (Å²) in [6, 6.07) is 1.66. The molecule has 0 N–H and O–H groups in total. The maximum absolute atomic E-state index is 10.9. The molecular weight excluding hydrogens is 327 g/mol. The molecule has 1 aromatic rings. The van der Waals surface area contributed by atoms with Crippen molar-refractivity contribution < 1.29 is 4.92 Å². The third-order valence-corrected chi connectivity index (χ3v) is 5.62. The van der Waals surface area contributed by atoms with E-state index in [0.29, 0.717) is 5.69 Å². The van der Waals surface area contributed by atoms with E-state index in [0.717, 1.165) is 33.8 Å². The first-order chi connectivity index (χ1) is 7.18. The minimum absolute atomic E-state index is 0.0970. The number of piperidine rings is 1. The molecule has 1 aromatic heterocycles. The predicted molar refractivity (Wildman–Crippen MR) is 63.8 cm³/mol. The summed E-state index contributed by atoms with van der Waals surface area (Å²) in [4.78, 5) is 12.8. The van der Waals surface area contributed by atoms with Crippen LogP contribution in [0.1, 0.15) is 19.3 Å². The number of hydrogen-bond acceptors (Lipinski definition) is 3. The van der Waals surface area contributed by atoms with E-state index in [9.17, 15) is 10.1 Å². The van der Waals surface area contributed by atoms with Crippen LogP contribution in [-0.2, 0) is 0 Å². The zero-order valence-corrected chi connectivity index (χ0v) is 11.4. The Hall–Kier alpha value is -0.321. The molecule has 82 valence electrons. The molecule has 1 aliphatic heterocycles. The molecule has 0 atom stereocenters. The van der Waals surface area contributed by atoms with E-state index in [1.54, 1.807) is 6.07 Å². The molecule has 0 spiro atoms. The SMILES string of the molecule is O=[N+]([O-])c1cc(Br)[se]c1N1CCCCC1. The zero-order valence-electron chi connectivity index (χ0n) is 8.11. The average molecular weight is 338 g/mol. The van der Waals surface area contributed by atoms with E-state index < -0.39 is 0 Å². The third kappa shape index (κ3) is 2.44. The molecule has 0 saturated carbocycles. The molecule has 2 heterocycles. The normalized spacial score (nSPS) is 16.7. The molecule has 1 saturated heterocycles. The van der Waals surface area contributed by atoms with Gasteiger partial charge in [0.1, 0.15) is 0 Å². The van der Waals surface area contributed by atoms with Crippen LogP contribution in [0.25, 0.3) is 0 Å². The van der Waals surface area contributed by atoms with Crippen LogP contribution in [-0.4, -0.2) is 32.5 Å². The number of anilines is 1. The van der Waals surface area contributed by atoms with Crippen LogP contribution in [0.4, 0.5) is 10.2 Å². The van der Waals surface area contributed by atoms with Crippen molar-refractivity contribution >= 4 is 40.7 Å².